The lowest BCUT2D eigenvalue weighted by atomic mass is 10.2. The Morgan fingerprint density at radius 3 is 3.27 bits per heavy atom. The van der Waals surface area contributed by atoms with Gasteiger partial charge >= 0.3 is 0 Å². The van der Waals surface area contributed by atoms with Crippen LogP contribution < -0.4 is 5.32 Å². The van der Waals surface area contributed by atoms with Gasteiger partial charge in [0, 0.05) is 25.7 Å². The summed E-state index contributed by atoms with van der Waals surface area (Å²) in [6.45, 7) is 5.39. The predicted molar refractivity (Wildman–Crippen MR) is 56.9 cm³/mol. The normalized spacial score (nSPS) is 22.9. The van der Waals surface area contributed by atoms with E-state index in [-0.39, 0.29) is 5.78 Å². The Bertz CT molecular complexity index is 321. The number of ketones is 1. The van der Waals surface area contributed by atoms with Gasteiger partial charge in [0.2, 0.25) is 5.78 Å². The minimum Gasteiger partial charge on any atom is -0.461 e. The first-order valence-electron chi connectivity index (χ1n) is 5.28. The Balaban J connectivity index is 1.89. The zero-order valence-electron chi connectivity index (χ0n) is 8.90. The highest BCUT2D eigenvalue weighted by Gasteiger charge is 2.19. The number of Topliss-reactive ketones (excluding diaryl/α,β-unsaturated/α-hetero) is 1. The van der Waals surface area contributed by atoms with Crippen LogP contribution >= 0.6 is 0 Å². The molecule has 2 heterocycles. The minimum atomic E-state index is 0.0640. The molecule has 1 aliphatic heterocycles. The first-order chi connectivity index (χ1) is 7.25. The van der Waals surface area contributed by atoms with E-state index in [0.717, 1.165) is 19.6 Å². The van der Waals surface area contributed by atoms with Gasteiger partial charge in [-0.25, -0.2) is 0 Å². The summed E-state index contributed by atoms with van der Waals surface area (Å²) in [6.07, 6.45) is 1.54. The third-order valence-electron chi connectivity index (χ3n) is 2.62. The van der Waals surface area contributed by atoms with Gasteiger partial charge in [0.05, 0.1) is 12.8 Å². The zero-order chi connectivity index (χ0) is 10.7. The molecule has 0 bridgehead atoms. The van der Waals surface area contributed by atoms with Crippen molar-refractivity contribution < 1.29 is 9.21 Å². The molecule has 0 radical (unpaired) electrons. The number of furan rings is 1. The Morgan fingerprint density at radius 2 is 2.60 bits per heavy atom. The summed E-state index contributed by atoms with van der Waals surface area (Å²) in [5.41, 5.74) is 0. The first kappa shape index (κ1) is 10.4. The molecule has 0 unspecified atom stereocenters. The summed E-state index contributed by atoms with van der Waals surface area (Å²) in [5.74, 6) is 0.523. The van der Waals surface area contributed by atoms with Crippen LogP contribution in [0.25, 0.3) is 0 Å². The van der Waals surface area contributed by atoms with E-state index in [2.05, 4.69) is 17.1 Å². The number of nitrogens with one attached hydrogen (secondary N) is 1. The molecule has 4 heteroatoms. The van der Waals surface area contributed by atoms with Crippen molar-refractivity contribution in [1.29, 1.82) is 0 Å². The molecule has 1 N–H and O–H groups in total. The van der Waals surface area contributed by atoms with Crippen molar-refractivity contribution in [1.82, 2.24) is 10.2 Å². The first-order valence-corrected chi connectivity index (χ1v) is 5.28. The summed E-state index contributed by atoms with van der Waals surface area (Å²) < 4.78 is 5.07. The maximum absolute atomic E-state index is 11.7. The number of piperazine rings is 1. The highest BCUT2D eigenvalue weighted by Crippen LogP contribution is 2.05. The second-order valence-corrected chi connectivity index (χ2v) is 3.99. The lowest BCUT2D eigenvalue weighted by molar-refractivity contribution is 0.0881. The lowest BCUT2D eigenvalue weighted by Gasteiger charge is -2.30. The van der Waals surface area contributed by atoms with Gasteiger partial charge in [-0.1, -0.05) is 0 Å². The number of hydrogen-bond donors (Lipinski definition) is 1. The maximum atomic E-state index is 11.7. The second-order valence-electron chi connectivity index (χ2n) is 3.99. The number of hydrogen-bond acceptors (Lipinski definition) is 4. The number of carbonyl (C=O) groups is 1. The highest BCUT2D eigenvalue weighted by atomic mass is 16.3. The van der Waals surface area contributed by atoms with Crippen molar-refractivity contribution in [3.05, 3.63) is 24.2 Å². The molecule has 0 aromatic carbocycles. The van der Waals surface area contributed by atoms with Gasteiger partial charge < -0.3 is 9.73 Å². The van der Waals surface area contributed by atoms with E-state index in [0.29, 0.717) is 18.3 Å². The molecular formula is C11H16N2O2. The van der Waals surface area contributed by atoms with Crippen molar-refractivity contribution in [2.75, 3.05) is 26.2 Å². The van der Waals surface area contributed by atoms with Crippen molar-refractivity contribution in [2.24, 2.45) is 0 Å². The van der Waals surface area contributed by atoms with E-state index in [1.165, 1.54) is 6.26 Å². The highest BCUT2D eigenvalue weighted by molar-refractivity contribution is 5.94. The minimum absolute atomic E-state index is 0.0640. The number of rotatable bonds is 3. The third-order valence-corrected chi connectivity index (χ3v) is 2.62. The fraction of sp³-hybridized carbons (Fsp3) is 0.545. The van der Waals surface area contributed by atoms with Crippen LogP contribution in [0.5, 0.6) is 0 Å². The molecule has 1 aliphatic rings. The van der Waals surface area contributed by atoms with Crippen LogP contribution in [0.3, 0.4) is 0 Å². The Morgan fingerprint density at radius 1 is 1.73 bits per heavy atom. The average molecular weight is 208 g/mol. The van der Waals surface area contributed by atoms with E-state index >= 15 is 0 Å². The topological polar surface area (TPSA) is 45.5 Å². The summed E-state index contributed by atoms with van der Waals surface area (Å²) in [6, 6.07) is 3.92. The quantitative estimate of drug-likeness (QED) is 0.745. The van der Waals surface area contributed by atoms with Crippen LogP contribution in [-0.2, 0) is 0 Å². The van der Waals surface area contributed by atoms with Crippen LogP contribution in [0.4, 0.5) is 0 Å². The molecule has 0 spiro atoms. The van der Waals surface area contributed by atoms with Crippen LogP contribution in [0.1, 0.15) is 17.5 Å². The molecule has 2 rings (SSSR count). The van der Waals surface area contributed by atoms with E-state index in [4.69, 9.17) is 4.42 Å². The fourth-order valence-electron chi connectivity index (χ4n) is 1.87. The summed E-state index contributed by atoms with van der Waals surface area (Å²) in [5, 5.41) is 3.34. The van der Waals surface area contributed by atoms with Crippen LogP contribution in [-0.4, -0.2) is 42.9 Å². The number of nitrogens with zero attached hydrogens (tertiary/aromatic N) is 1. The molecular weight excluding hydrogens is 192 g/mol. The molecule has 0 saturated carbocycles. The van der Waals surface area contributed by atoms with Gasteiger partial charge in [0.25, 0.3) is 0 Å². The molecule has 4 nitrogen and oxygen atoms in total. The van der Waals surface area contributed by atoms with Gasteiger partial charge in [-0.05, 0) is 19.1 Å². The standard InChI is InChI=1S/C11H16N2O2/c1-9-7-13(5-4-12-9)8-10(14)11-3-2-6-15-11/h2-3,6,9,12H,4-5,7-8H2,1H3/t9-/m1/s1. The maximum Gasteiger partial charge on any atom is 0.211 e. The van der Waals surface area contributed by atoms with E-state index < -0.39 is 0 Å². The third kappa shape index (κ3) is 2.67. The largest absolute Gasteiger partial charge is 0.461 e. The zero-order valence-corrected chi connectivity index (χ0v) is 8.90. The van der Waals surface area contributed by atoms with Crippen molar-refractivity contribution in [3.63, 3.8) is 0 Å². The SMILES string of the molecule is C[C@@H]1CN(CC(=O)c2ccco2)CCN1. The molecule has 1 aromatic rings. The monoisotopic (exact) mass is 208 g/mol. The molecule has 82 valence electrons. The molecule has 1 saturated heterocycles. The second kappa shape index (κ2) is 4.59. The Kier molecular flexibility index (Phi) is 3.18. The summed E-state index contributed by atoms with van der Waals surface area (Å²) in [7, 11) is 0. The molecule has 1 atom stereocenters. The molecule has 0 amide bonds. The predicted octanol–water partition coefficient (Wildman–Crippen LogP) is 0.756. The molecule has 1 fully saturated rings. The molecule has 1 aromatic heterocycles. The van der Waals surface area contributed by atoms with Crippen LogP contribution in [0.15, 0.2) is 22.8 Å². The van der Waals surface area contributed by atoms with Crippen molar-refractivity contribution in [2.45, 2.75) is 13.0 Å². The van der Waals surface area contributed by atoms with E-state index in [1.54, 1.807) is 12.1 Å². The summed E-state index contributed by atoms with van der Waals surface area (Å²) >= 11 is 0. The summed E-state index contributed by atoms with van der Waals surface area (Å²) in [4.78, 5) is 13.9. The fourth-order valence-corrected chi connectivity index (χ4v) is 1.87. The van der Waals surface area contributed by atoms with Crippen molar-refractivity contribution >= 4 is 5.78 Å². The van der Waals surface area contributed by atoms with Crippen molar-refractivity contribution in [3.8, 4) is 0 Å². The Labute approximate surface area is 89.2 Å². The Hall–Kier alpha value is -1.13. The van der Waals surface area contributed by atoms with Gasteiger partial charge in [-0.3, -0.25) is 9.69 Å². The van der Waals surface area contributed by atoms with Gasteiger partial charge in [0.15, 0.2) is 5.76 Å². The van der Waals surface area contributed by atoms with Gasteiger partial charge in [-0.2, -0.15) is 0 Å². The average Bonchev–Trinajstić information content (AvgIpc) is 2.70. The van der Waals surface area contributed by atoms with E-state index in [1.807, 2.05) is 0 Å². The van der Waals surface area contributed by atoms with Crippen LogP contribution in [0, 0.1) is 0 Å². The van der Waals surface area contributed by atoms with Crippen LogP contribution in [0.2, 0.25) is 0 Å². The number of carbonyl (C=O) groups excluding carboxylic acids is 1. The van der Waals surface area contributed by atoms with E-state index in [9.17, 15) is 4.79 Å². The smallest absolute Gasteiger partial charge is 0.211 e. The van der Waals surface area contributed by atoms with Gasteiger partial charge in [-0.15, -0.1) is 0 Å². The lowest BCUT2D eigenvalue weighted by Crippen LogP contribution is -2.50. The molecule has 15 heavy (non-hydrogen) atoms. The van der Waals surface area contributed by atoms with Gasteiger partial charge in [0.1, 0.15) is 0 Å². The molecule has 0 aliphatic carbocycles.